The summed E-state index contributed by atoms with van der Waals surface area (Å²) in [6.07, 6.45) is 1.70. The van der Waals surface area contributed by atoms with E-state index in [0.29, 0.717) is 0 Å². The predicted molar refractivity (Wildman–Crippen MR) is 84.4 cm³/mol. The largest absolute Gasteiger partial charge is 0.377 e. The highest BCUT2D eigenvalue weighted by Crippen LogP contribution is 2.35. The molecular weight excluding hydrogens is 236 g/mol. The summed E-state index contributed by atoms with van der Waals surface area (Å²) in [6.45, 7) is 0. The third-order valence-corrected chi connectivity index (χ3v) is 3.17. The van der Waals surface area contributed by atoms with Crippen molar-refractivity contribution in [3.63, 3.8) is 0 Å². The van der Waals surface area contributed by atoms with Gasteiger partial charge in [0.15, 0.2) is 0 Å². The highest BCUT2D eigenvalue weighted by molar-refractivity contribution is 6.09. The monoisotopic (exact) mass is 256 g/mol. The van der Waals surface area contributed by atoms with Crippen LogP contribution in [0.3, 0.4) is 0 Å². The number of benzene rings is 2. The molecule has 0 saturated carbocycles. The Morgan fingerprint density at radius 2 is 1.74 bits per heavy atom. The summed E-state index contributed by atoms with van der Waals surface area (Å²) in [5, 5.41) is 6.09. The van der Waals surface area contributed by atoms with Gasteiger partial charge in [-0.1, -0.05) is 24.3 Å². The van der Waals surface area contributed by atoms with E-state index in [-0.39, 0.29) is 0 Å². The summed E-state index contributed by atoms with van der Waals surface area (Å²) in [5.41, 5.74) is 3.35. The molecule has 19 heavy (non-hydrogen) atoms. The lowest BCUT2D eigenvalue weighted by molar-refractivity contribution is 1.12. The molecule has 0 aromatic heterocycles. The predicted octanol–water partition coefficient (Wildman–Crippen LogP) is 2.26. The Morgan fingerprint density at radius 1 is 1.00 bits per heavy atom. The summed E-state index contributed by atoms with van der Waals surface area (Å²) in [5.74, 6) is 5.31. The molecule has 0 aliphatic carbocycles. The van der Waals surface area contributed by atoms with Crippen molar-refractivity contribution < 1.29 is 0 Å². The van der Waals surface area contributed by atoms with Gasteiger partial charge in [0.1, 0.15) is 0 Å². The molecule has 0 radical (unpaired) electrons. The molecule has 2 rings (SSSR count). The first-order valence-corrected chi connectivity index (χ1v) is 6.20. The lowest BCUT2D eigenvalue weighted by Gasteiger charge is -2.23. The first-order chi connectivity index (χ1) is 9.06. The quantitative estimate of drug-likeness (QED) is 0.520. The Morgan fingerprint density at radius 3 is 2.32 bits per heavy atom. The van der Waals surface area contributed by atoms with E-state index in [9.17, 15) is 0 Å². The van der Waals surface area contributed by atoms with E-state index in [4.69, 9.17) is 5.84 Å². The summed E-state index contributed by atoms with van der Waals surface area (Å²) >= 11 is 0. The maximum Gasteiger partial charge on any atom is 0.0559 e. The Bertz CT molecular complexity index is 615. The number of hydrazone groups is 1. The average molecular weight is 256 g/mol. The van der Waals surface area contributed by atoms with E-state index in [1.165, 1.54) is 16.5 Å². The van der Waals surface area contributed by atoms with Crippen LogP contribution >= 0.6 is 0 Å². The van der Waals surface area contributed by atoms with Crippen molar-refractivity contribution in [1.82, 2.24) is 0 Å². The highest BCUT2D eigenvalue weighted by atomic mass is 15.1. The van der Waals surface area contributed by atoms with Crippen molar-refractivity contribution in [3.05, 3.63) is 35.9 Å². The van der Waals surface area contributed by atoms with Gasteiger partial charge in [0.25, 0.3) is 0 Å². The van der Waals surface area contributed by atoms with Crippen molar-refractivity contribution in [1.29, 1.82) is 0 Å². The minimum absolute atomic E-state index is 1.02. The van der Waals surface area contributed by atoms with Crippen LogP contribution in [0.5, 0.6) is 0 Å². The first-order valence-electron chi connectivity index (χ1n) is 6.20. The zero-order valence-electron chi connectivity index (χ0n) is 11.9. The zero-order valence-corrected chi connectivity index (χ0v) is 11.9. The second-order valence-electron chi connectivity index (χ2n) is 4.95. The maximum atomic E-state index is 5.31. The average Bonchev–Trinajstić information content (AvgIpc) is 2.37. The maximum absolute atomic E-state index is 5.31. The van der Waals surface area contributed by atoms with Crippen LogP contribution in [0.1, 0.15) is 5.56 Å². The lowest BCUT2D eigenvalue weighted by Crippen LogP contribution is -2.15. The first kappa shape index (κ1) is 13.2. The molecule has 2 aromatic carbocycles. The molecule has 0 aliphatic rings. The number of nitrogens with two attached hydrogens (primary N) is 1. The number of rotatable bonds is 3. The molecule has 0 atom stereocenters. The lowest BCUT2D eigenvalue weighted by atomic mass is 10.0. The minimum atomic E-state index is 1.02. The van der Waals surface area contributed by atoms with Gasteiger partial charge in [-0.3, -0.25) is 0 Å². The SMILES string of the molecule is CN(C)c1cccc2ccc(/C=N/N)c(N(C)C)c12. The molecular formula is C15H20N4. The highest BCUT2D eigenvalue weighted by Gasteiger charge is 2.13. The zero-order chi connectivity index (χ0) is 14.0. The summed E-state index contributed by atoms with van der Waals surface area (Å²) in [6, 6.07) is 10.5. The third kappa shape index (κ3) is 2.34. The molecule has 0 heterocycles. The Kier molecular flexibility index (Phi) is 3.60. The van der Waals surface area contributed by atoms with Crippen LogP contribution in [0, 0.1) is 0 Å². The smallest absolute Gasteiger partial charge is 0.0559 e. The summed E-state index contributed by atoms with van der Waals surface area (Å²) in [7, 11) is 8.18. The standard InChI is InChI=1S/C15H20N4/c1-18(2)13-7-5-6-11-8-9-12(10-17-16)15(14(11)13)19(3)4/h5-10H,16H2,1-4H3/b17-10+. The van der Waals surface area contributed by atoms with Crippen LogP contribution in [-0.2, 0) is 0 Å². The molecule has 0 spiro atoms. The minimum Gasteiger partial charge on any atom is -0.377 e. The molecule has 0 fully saturated rings. The third-order valence-electron chi connectivity index (χ3n) is 3.17. The molecule has 0 amide bonds. The van der Waals surface area contributed by atoms with Crippen LogP contribution in [0.15, 0.2) is 35.4 Å². The molecule has 0 unspecified atom stereocenters. The van der Waals surface area contributed by atoms with E-state index in [2.05, 4.69) is 53.3 Å². The van der Waals surface area contributed by atoms with E-state index >= 15 is 0 Å². The van der Waals surface area contributed by atoms with E-state index in [1.807, 2.05) is 20.2 Å². The fraction of sp³-hybridized carbons (Fsp3) is 0.267. The summed E-state index contributed by atoms with van der Waals surface area (Å²) in [4.78, 5) is 4.23. The molecule has 0 saturated heterocycles. The van der Waals surface area contributed by atoms with Crippen LogP contribution in [0.25, 0.3) is 10.8 Å². The van der Waals surface area contributed by atoms with Gasteiger partial charge in [-0.25, -0.2) is 0 Å². The van der Waals surface area contributed by atoms with Crippen molar-refractivity contribution in [3.8, 4) is 0 Å². The number of anilines is 2. The van der Waals surface area contributed by atoms with Crippen molar-refractivity contribution in [2.24, 2.45) is 10.9 Å². The topological polar surface area (TPSA) is 44.9 Å². The van der Waals surface area contributed by atoms with Crippen LogP contribution < -0.4 is 15.6 Å². The molecule has 0 aliphatic heterocycles. The van der Waals surface area contributed by atoms with Gasteiger partial charge < -0.3 is 15.6 Å². The van der Waals surface area contributed by atoms with Gasteiger partial charge in [0.05, 0.1) is 11.9 Å². The fourth-order valence-electron chi connectivity index (χ4n) is 2.40. The van der Waals surface area contributed by atoms with E-state index in [0.717, 1.165) is 11.3 Å². The number of fused-ring (bicyclic) bond motifs is 1. The van der Waals surface area contributed by atoms with Gasteiger partial charge in [0, 0.05) is 44.8 Å². The molecule has 0 bridgehead atoms. The number of nitrogens with zero attached hydrogens (tertiary/aromatic N) is 3. The molecule has 4 nitrogen and oxygen atoms in total. The molecule has 2 aromatic rings. The normalized spacial score (nSPS) is 11.2. The van der Waals surface area contributed by atoms with Crippen LogP contribution in [-0.4, -0.2) is 34.4 Å². The van der Waals surface area contributed by atoms with Gasteiger partial charge in [-0.2, -0.15) is 5.10 Å². The Labute approximate surface area is 114 Å². The van der Waals surface area contributed by atoms with Crippen LogP contribution in [0.4, 0.5) is 11.4 Å². The van der Waals surface area contributed by atoms with Gasteiger partial charge in [-0.05, 0) is 11.5 Å². The molecule has 4 heteroatoms. The van der Waals surface area contributed by atoms with E-state index < -0.39 is 0 Å². The Balaban J connectivity index is 2.89. The molecule has 100 valence electrons. The Hall–Kier alpha value is -2.23. The van der Waals surface area contributed by atoms with Gasteiger partial charge in [0.2, 0.25) is 0 Å². The molecule has 2 N–H and O–H groups in total. The van der Waals surface area contributed by atoms with E-state index in [1.54, 1.807) is 6.21 Å². The number of hydrogen-bond acceptors (Lipinski definition) is 4. The van der Waals surface area contributed by atoms with Gasteiger partial charge >= 0.3 is 0 Å². The van der Waals surface area contributed by atoms with Crippen molar-refractivity contribution >= 4 is 28.4 Å². The number of hydrogen-bond donors (Lipinski definition) is 1. The second kappa shape index (κ2) is 5.18. The van der Waals surface area contributed by atoms with Gasteiger partial charge in [-0.15, -0.1) is 0 Å². The van der Waals surface area contributed by atoms with Crippen molar-refractivity contribution in [2.75, 3.05) is 38.0 Å². The van der Waals surface area contributed by atoms with Crippen LogP contribution in [0.2, 0.25) is 0 Å². The fourth-order valence-corrected chi connectivity index (χ4v) is 2.40. The second-order valence-corrected chi connectivity index (χ2v) is 4.95. The summed E-state index contributed by atoms with van der Waals surface area (Å²) < 4.78 is 0. The van der Waals surface area contributed by atoms with Crippen molar-refractivity contribution in [2.45, 2.75) is 0 Å².